The van der Waals surface area contributed by atoms with Gasteiger partial charge in [-0.05, 0) is 24.8 Å². The van der Waals surface area contributed by atoms with Gasteiger partial charge in [-0.2, -0.15) is 0 Å². The Kier molecular flexibility index (Phi) is 5.96. The Bertz CT molecular complexity index is 486. The molecular formula is C14H20N2O4. The lowest BCUT2D eigenvalue weighted by Crippen LogP contribution is -2.25. The largest absolute Gasteiger partial charge is 0.496 e. The molecule has 0 aromatic heterocycles. The molecule has 0 radical (unpaired) electrons. The SMILES string of the molecule is COc1ccc([N+](=O)[O-])cc1C(=O)NCCCC(C)C. The van der Waals surface area contributed by atoms with Gasteiger partial charge in [0.25, 0.3) is 11.6 Å². The summed E-state index contributed by atoms with van der Waals surface area (Å²) in [6, 6.07) is 3.98. The van der Waals surface area contributed by atoms with Crippen molar-refractivity contribution >= 4 is 11.6 Å². The van der Waals surface area contributed by atoms with E-state index in [2.05, 4.69) is 19.2 Å². The van der Waals surface area contributed by atoms with E-state index in [1.54, 1.807) is 0 Å². The molecule has 0 fully saturated rings. The second-order valence-corrected chi connectivity index (χ2v) is 4.93. The van der Waals surface area contributed by atoms with Crippen molar-refractivity contribution in [2.75, 3.05) is 13.7 Å². The van der Waals surface area contributed by atoms with Crippen molar-refractivity contribution in [2.24, 2.45) is 5.92 Å². The Morgan fingerprint density at radius 3 is 2.70 bits per heavy atom. The van der Waals surface area contributed by atoms with E-state index < -0.39 is 4.92 Å². The van der Waals surface area contributed by atoms with E-state index in [1.807, 2.05) is 0 Å². The zero-order valence-corrected chi connectivity index (χ0v) is 12.0. The van der Waals surface area contributed by atoms with Crippen LogP contribution in [0.15, 0.2) is 18.2 Å². The molecule has 1 rings (SSSR count). The number of hydrogen-bond donors (Lipinski definition) is 1. The number of nitrogens with one attached hydrogen (secondary N) is 1. The summed E-state index contributed by atoms with van der Waals surface area (Å²) in [5, 5.41) is 13.5. The molecule has 0 saturated heterocycles. The molecule has 1 aromatic rings. The number of nitro groups is 1. The number of carbonyl (C=O) groups is 1. The van der Waals surface area contributed by atoms with Crippen LogP contribution in [0.1, 0.15) is 37.0 Å². The number of benzene rings is 1. The van der Waals surface area contributed by atoms with E-state index in [9.17, 15) is 14.9 Å². The van der Waals surface area contributed by atoms with E-state index in [-0.39, 0.29) is 17.2 Å². The van der Waals surface area contributed by atoms with Crippen LogP contribution >= 0.6 is 0 Å². The fourth-order valence-electron chi connectivity index (χ4n) is 1.79. The number of non-ortho nitro benzene ring substituents is 1. The Balaban J connectivity index is 2.74. The Hall–Kier alpha value is -2.11. The summed E-state index contributed by atoms with van der Waals surface area (Å²) in [6.07, 6.45) is 1.90. The third-order valence-corrected chi connectivity index (χ3v) is 2.88. The van der Waals surface area contributed by atoms with E-state index in [0.717, 1.165) is 12.8 Å². The molecule has 110 valence electrons. The topological polar surface area (TPSA) is 81.5 Å². The quantitative estimate of drug-likeness (QED) is 0.473. The average Bonchev–Trinajstić information content (AvgIpc) is 2.42. The van der Waals surface area contributed by atoms with Crippen molar-refractivity contribution in [1.29, 1.82) is 0 Å². The first kappa shape index (κ1) is 15.9. The van der Waals surface area contributed by atoms with Crippen molar-refractivity contribution in [3.8, 4) is 5.75 Å². The van der Waals surface area contributed by atoms with Gasteiger partial charge in [0.15, 0.2) is 0 Å². The molecule has 1 amide bonds. The van der Waals surface area contributed by atoms with Crippen LogP contribution in [-0.4, -0.2) is 24.5 Å². The highest BCUT2D eigenvalue weighted by Gasteiger charge is 2.17. The van der Waals surface area contributed by atoms with Crippen molar-refractivity contribution in [3.05, 3.63) is 33.9 Å². The minimum atomic E-state index is -0.533. The zero-order chi connectivity index (χ0) is 15.1. The maximum atomic E-state index is 12.0. The van der Waals surface area contributed by atoms with Gasteiger partial charge in [0.1, 0.15) is 5.75 Å². The summed E-state index contributed by atoms with van der Waals surface area (Å²) in [4.78, 5) is 22.2. The molecule has 20 heavy (non-hydrogen) atoms. The number of hydrogen-bond acceptors (Lipinski definition) is 4. The van der Waals surface area contributed by atoms with Crippen molar-refractivity contribution in [2.45, 2.75) is 26.7 Å². The van der Waals surface area contributed by atoms with E-state index in [1.165, 1.54) is 25.3 Å². The average molecular weight is 280 g/mol. The molecule has 0 saturated carbocycles. The summed E-state index contributed by atoms with van der Waals surface area (Å²) in [7, 11) is 1.43. The summed E-state index contributed by atoms with van der Waals surface area (Å²) >= 11 is 0. The fraction of sp³-hybridized carbons (Fsp3) is 0.500. The fourth-order valence-corrected chi connectivity index (χ4v) is 1.79. The summed E-state index contributed by atoms with van der Waals surface area (Å²) in [6.45, 7) is 4.78. The van der Waals surface area contributed by atoms with Crippen LogP contribution in [0.2, 0.25) is 0 Å². The number of nitro benzene ring substituents is 1. The first-order valence-electron chi connectivity index (χ1n) is 6.56. The molecule has 0 unspecified atom stereocenters. The van der Waals surface area contributed by atoms with Crippen LogP contribution < -0.4 is 10.1 Å². The maximum absolute atomic E-state index is 12.0. The predicted molar refractivity (Wildman–Crippen MR) is 76.1 cm³/mol. The molecule has 1 N–H and O–H groups in total. The predicted octanol–water partition coefficient (Wildman–Crippen LogP) is 2.77. The third-order valence-electron chi connectivity index (χ3n) is 2.88. The number of rotatable bonds is 7. The normalized spacial score (nSPS) is 10.4. The number of methoxy groups -OCH3 is 1. The Morgan fingerprint density at radius 2 is 2.15 bits per heavy atom. The van der Waals surface area contributed by atoms with Gasteiger partial charge in [0.2, 0.25) is 0 Å². The smallest absolute Gasteiger partial charge is 0.270 e. The number of ether oxygens (including phenoxy) is 1. The zero-order valence-electron chi connectivity index (χ0n) is 12.0. The molecule has 0 aliphatic rings. The molecular weight excluding hydrogens is 260 g/mol. The number of carbonyl (C=O) groups excluding carboxylic acids is 1. The molecule has 6 heteroatoms. The number of nitrogens with zero attached hydrogens (tertiary/aromatic N) is 1. The molecule has 0 bridgehead atoms. The van der Waals surface area contributed by atoms with E-state index >= 15 is 0 Å². The van der Waals surface area contributed by atoms with Gasteiger partial charge in [0, 0.05) is 18.7 Å². The first-order valence-corrected chi connectivity index (χ1v) is 6.56. The molecule has 0 heterocycles. The van der Waals surface area contributed by atoms with Gasteiger partial charge in [0.05, 0.1) is 17.6 Å². The highest BCUT2D eigenvalue weighted by molar-refractivity contribution is 5.97. The minimum absolute atomic E-state index is 0.127. The lowest BCUT2D eigenvalue weighted by atomic mass is 10.1. The Labute approximate surface area is 118 Å². The molecule has 0 aliphatic heterocycles. The molecule has 0 aliphatic carbocycles. The van der Waals surface area contributed by atoms with Crippen LogP contribution in [0.5, 0.6) is 5.75 Å². The van der Waals surface area contributed by atoms with Gasteiger partial charge in [-0.15, -0.1) is 0 Å². The second kappa shape index (κ2) is 7.47. The van der Waals surface area contributed by atoms with Crippen molar-refractivity contribution < 1.29 is 14.5 Å². The Morgan fingerprint density at radius 1 is 1.45 bits per heavy atom. The van der Waals surface area contributed by atoms with Gasteiger partial charge in [-0.25, -0.2) is 0 Å². The van der Waals surface area contributed by atoms with Crippen LogP contribution in [0.25, 0.3) is 0 Å². The standard InChI is InChI=1S/C14H20N2O4/c1-10(2)5-4-8-15-14(17)12-9-11(16(18)19)6-7-13(12)20-3/h6-7,9-10H,4-5,8H2,1-3H3,(H,15,17). The van der Waals surface area contributed by atoms with E-state index in [4.69, 9.17) is 4.74 Å². The van der Waals surface area contributed by atoms with Crippen LogP contribution in [0, 0.1) is 16.0 Å². The van der Waals surface area contributed by atoms with Crippen LogP contribution in [0.3, 0.4) is 0 Å². The van der Waals surface area contributed by atoms with Gasteiger partial charge in [-0.1, -0.05) is 13.8 Å². The molecule has 0 atom stereocenters. The number of amides is 1. The van der Waals surface area contributed by atoms with Gasteiger partial charge in [-0.3, -0.25) is 14.9 Å². The van der Waals surface area contributed by atoms with Crippen LogP contribution in [0.4, 0.5) is 5.69 Å². The summed E-state index contributed by atoms with van der Waals surface area (Å²) in [5.74, 6) is 0.561. The maximum Gasteiger partial charge on any atom is 0.270 e. The van der Waals surface area contributed by atoms with Crippen LogP contribution in [-0.2, 0) is 0 Å². The summed E-state index contributed by atoms with van der Waals surface area (Å²) < 4.78 is 5.06. The minimum Gasteiger partial charge on any atom is -0.496 e. The highest BCUT2D eigenvalue weighted by Crippen LogP contribution is 2.23. The lowest BCUT2D eigenvalue weighted by molar-refractivity contribution is -0.384. The van der Waals surface area contributed by atoms with Gasteiger partial charge >= 0.3 is 0 Å². The second-order valence-electron chi connectivity index (χ2n) is 4.93. The third kappa shape index (κ3) is 4.53. The lowest BCUT2D eigenvalue weighted by Gasteiger charge is -2.10. The molecule has 1 aromatic carbocycles. The van der Waals surface area contributed by atoms with E-state index in [0.29, 0.717) is 18.2 Å². The van der Waals surface area contributed by atoms with Crippen molar-refractivity contribution in [3.63, 3.8) is 0 Å². The van der Waals surface area contributed by atoms with Gasteiger partial charge < -0.3 is 10.1 Å². The molecule has 6 nitrogen and oxygen atoms in total. The highest BCUT2D eigenvalue weighted by atomic mass is 16.6. The monoisotopic (exact) mass is 280 g/mol. The first-order chi connectivity index (χ1) is 9.45. The van der Waals surface area contributed by atoms with Crippen molar-refractivity contribution in [1.82, 2.24) is 5.32 Å². The summed E-state index contributed by atoms with van der Waals surface area (Å²) in [5.41, 5.74) is 0.0596. The molecule has 0 spiro atoms.